The van der Waals surface area contributed by atoms with Gasteiger partial charge < -0.3 is 15.5 Å². The Labute approximate surface area is 196 Å². The van der Waals surface area contributed by atoms with Gasteiger partial charge in [0.15, 0.2) is 0 Å². The molecule has 0 aliphatic heterocycles. The molecule has 0 spiro atoms. The zero-order valence-electron chi connectivity index (χ0n) is 19.3. The molecule has 1 saturated carbocycles. The molecule has 1 heterocycles. The van der Waals surface area contributed by atoms with Crippen molar-refractivity contribution in [3.8, 4) is 0 Å². The Morgan fingerprint density at radius 2 is 1.71 bits per heavy atom. The number of nitrogens with one attached hydrogen (secondary N) is 2. The average molecular weight is 480 g/mol. The lowest BCUT2D eigenvalue weighted by Crippen LogP contribution is -2.40. The molecule has 2 N–H and O–H groups in total. The lowest BCUT2D eigenvalue weighted by Gasteiger charge is -2.30. The molecule has 1 aromatic carbocycles. The first kappa shape index (κ1) is 24.2. The first-order chi connectivity index (χ1) is 16.1. The van der Waals surface area contributed by atoms with Crippen molar-refractivity contribution in [2.75, 3.05) is 24.3 Å². The zero-order valence-corrected chi connectivity index (χ0v) is 19.3. The summed E-state index contributed by atoms with van der Waals surface area (Å²) in [6, 6.07) is 2.30. The Balaban J connectivity index is 1.35. The van der Waals surface area contributed by atoms with E-state index in [0.717, 1.165) is 56.1 Å². The first-order valence-corrected chi connectivity index (χ1v) is 11.6. The van der Waals surface area contributed by atoms with Crippen LogP contribution in [0.4, 0.5) is 29.3 Å². The van der Waals surface area contributed by atoms with Gasteiger partial charge in [0.1, 0.15) is 11.6 Å². The van der Waals surface area contributed by atoms with Crippen molar-refractivity contribution in [2.45, 2.75) is 69.6 Å². The molecule has 184 valence electrons. The molecule has 0 saturated heterocycles. The monoisotopic (exact) mass is 479 g/mol. The largest absolute Gasteiger partial charge is 0.419 e. The molecule has 0 radical (unpaired) electrons. The quantitative estimate of drug-likeness (QED) is 0.607. The maximum Gasteiger partial charge on any atom is 0.419 e. The van der Waals surface area contributed by atoms with E-state index in [9.17, 15) is 22.4 Å². The minimum absolute atomic E-state index is 0.146. The average Bonchev–Trinajstić information content (AvgIpc) is 2.79. The molecule has 0 atom stereocenters. The summed E-state index contributed by atoms with van der Waals surface area (Å²) in [5.74, 6) is -0.457. The van der Waals surface area contributed by atoms with Crippen LogP contribution in [0.15, 0.2) is 18.2 Å². The number of carbonyl (C=O) groups excluding carboxylic acids is 1. The lowest BCUT2D eigenvalue weighted by molar-refractivity contribution is -0.140. The molecule has 6 nitrogen and oxygen atoms in total. The predicted octanol–water partition coefficient (Wildman–Crippen LogP) is 4.73. The number of benzene rings is 1. The van der Waals surface area contributed by atoms with Crippen molar-refractivity contribution < 1.29 is 22.4 Å². The summed E-state index contributed by atoms with van der Waals surface area (Å²) in [6.07, 6.45) is 2.23. The summed E-state index contributed by atoms with van der Waals surface area (Å²) in [4.78, 5) is 24.0. The standard InChI is InChI=1S/C24H29F4N5O/c1-33(2)21-17-5-3-4-6-20(17)31-23(32-21)30-16-10-8-15(9-11-16)29-22(34)14-7-12-19(25)18(13-14)24(26,27)28/h7,12-13,15-16H,3-6,8-11H2,1-2H3,(H,29,34)(H,30,31,32)/t15-,16+. The fourth-order valence-corrected chi connectivity index (χ4v) is 4.73. The van der Waals surface area contributed by atoms with Gasteiger partial charge in [0.25, 0.3) is 5.91 Å². The van der Waals surface area contributed by atoms with Crippen molar-refractivity contribution in [1.82, 2.24) is 15.3 Å². The Morgan fingerprint density at radius 3 is 2.38 bits per heavy atom. The van der Waals surface area contributed by atoms with E-state index in [0.29, 0.717) is 30.9 Å². The number of fused-ring (bicyclic) bond motifs is 1. The summed E-state index contributed by atoms with van der Waals surface area (Å²) >= 11 is 0. The molecule has 0 bridgehead atoms. The highest BCUT2D eigenvalue weighted by Crippen LogP contribution is 2.32. The predicted molar refractivity (Wildman–Crippen MR) is 122 cm³/mol. The highest BCUT2D eigenvalue weighted by Gasteiger charge is 2.35. The maximum atomic E-state index is 13.5. The molecule has 1 aromatic heterocycles. The molecule has 1 amide bonds. The molecule has 0 unspecified atom stereocenters. The van der Waals surface area contributed by atoms with Gasteiger partial charge in [-0.15, -0.1) is 0 Å². The van der Waals surface area contributed by atoms with Gasteiger partial charge in [-0.05, 0) is 69.6 Å². The van der Waals surface area contributed by atoms with Gasteiger partial charge in [-0.2, -0.15) is 18.2 Å². The van der Waals surface area contributed by atoms with Gasteiger partial charge in [0.05, 0.1) is 11.3 Å². The van der Waals surface area contributed by atoms with Gasteiger partial charge >= 0.3 is 6.18 Å². The van der Waals surface area contributed by atoms with E-state index in [1.165, 1.54) is 5.56 Å². The highest BCUT2D eigenvalue weighted by atomic mass is 19.4. The van der Waals surface area contributed by atoms with Crippen LogP contribution in [0.1, 0.15) is 65.7 Å². The van der Waals surface area contributed by atoms with E-state index < -0.39 is 23.5 Å². The number of hydrogen-bond acceptors (Lipinski definition) is 5. The minimum Gasteiger partial charge on any atom is -0.362 e. The topological polar surface area (TPSA) is 70.2 Å². The Bertz CT molecular complexity index is 1050. The second-order valence-electron chi connectivity index (χ2n) is 9.26. The second kappa shape index (κ2) is 9.76. The van der Waals surface area contributed by atoms with Crippen molar-refractivity contribution in [1.29, 1.82) is 0 Å². The van der Waals surface area contributed by atoms with Gasteiger partial charge in [0.2, 0.25) is 5.95 Å². The van der Waals surface area contributed by atoms with Crippen LogP contribution < -0.4 is 15.5 Å². The number of alkyl halides is 3. The summed E-state index contributed by atoms with van der Waals surface area (Å²) in [5, 5.41) is 6.22. The van der Waals surface area contributed by atoms with Crippen LogP contribution in [-0.2, 0) is 19.0 Å². The number of amides is 1. The molecule has 2 aliphatic rings. The number of anilines is 2. The van der Waals surface area contributed by atoms with Crippen molar-refractivity contribution in [3.05, 3.63) is 46.4 Å². The smallest absolute Gasteiger partial charge is 0.362 e. The number of rotatable bonds is 5. The fraction of sp³-hybridized carbons (Fsp3) is 0.542. The number of halogens is 4. The Hall–Kier alpha value is -2.91. The molecule has 2 aromatic rings. The van der Waals surface area contributed by atoms with Gasteiger partial charge in [-0.25, -0.2) is 9.37 Å². The minimum atomic E-state index is -4.85. The third kappa shape index (κ3) is 5.42. The normalized spacial score (nSPS) is 20.4. The third-order valence-electron chi connectivity index (χ3n) is 6.51. The third-order valence-corrected chi connectivity index (χ3v) is 6.51. The number of carbonyl (C=O) groups is 1. The van der Waals surface area contributed by atoms with E-state index in [2.05, 4.69) is 10.6 Å². The number of aromatic nitrogens is 2. The molecule has 34 heavy (non-hydrogen) atoms. The van der Waals surface area contributed by atoms with Crippen LogP contribution in [-0.4, -0.2) is 42.1 Å². The van der Waals surface area contributed by atoms with E-state index in [-0.39, 0.29) is 17.6 Å². The van der Waals surface area contributed by atoms with Gasteiger partial charge in [-0.3, -0.25) is 4.79 Å². The maximum absolute atomic E-state index is 13.5. The number of aryl methyl sites for hydroxylation is 1. The molecular weight excluding hydrogens is 450 g/mol. The van der Waals surface area contributed by atoms with E-state index >= 15 is 0 Å². The first-order valence-electron chi connectivity index (χ1n) is 11.6. The van der Waals surface area contributed by atoms with Crippen LogP contribution in [0.25, 0.3) is 0 Å². The van der Waals surface area contributed by atoms with E-state index in [1.807, 2.05) is 19.0 Å². The summed E-state index contributed by atoms with van der Waals surface area (Å²) in [6.45, 7) is 0. The van der Waals surface area contributed by atoms with Gasteiger partial charge in [0, 0.05) is 37.3 Å². The van der Waals surface area contributed by atoms with E-state index in [4.69, 9.17) is 9.97 Å². The summed E-state index contributed by atoms with van der Waals surface area (Å²) in [5.41, 5.74) is 0.691. The molecular formula is C24H29F4N5O. The molecule has 4 rings (SSSR count). The molecule has 2 aliphatic carbocycles. The summed E-state index contributed by atoms with van der Waals surface area (Å²) in [7, 11) is 3.96. The van der Waals surface area contributed by atoms with Crippen molar-refractivity contribution in [3.63, 3.8) is 0 Å². The molecule has 10 heteroatoms. The number of hydrogen-bond donors (Lipinski definition) is 2. The van der Waals surface area contributed by atoms with Crippen LogP contribution in [0.5, 0.6) is 0 Å². The highest BCUT2D eigenvalue weighted by molar-refractivity contribution is 5.94. The Morgan fingerprint density at radius 1 is 1.03 bits per heavy atom. The van der Waals surface area contributed by atoms with Gasteiger partial charge in [-0.1, -0.05) is 0 Å². The van der Waals surface area contributed by atoms with E-state index in [1.54, 1.807) is 0 Å². The zero-order chi connectivity index (χ0) is 24.5. The Kier molecular flexibility index (Phi) is 6.95. The number of nitrogens with zero attached hydrogens (tertiary/aromatic N) is 3. The van der Waals surface area contributed by atoms with Crippen LogP contribution in [0.2, 0.25) is 0 Å². The summed E-state index contributed by atoms with van der Waals surface area (Å²) < 4.78 is 52.3. The molecule has 1 fully saturated rings. The van der Waals surface area contributed by atoms with Crippen molar-refractivity contribution >= 4 is 17.7 Å². The van der Waals surface area contributed by atoms with Crippen LogP contribution in [0.3, 0.4) is 0 Å². The lowest BCUT2D eigenvalue weighted by atomic mass is 9.91. The second-order valence-corrected chi connectivity index (χ2v) is 9.26. The van der Waals surface area contributed by atoms with Crippen LogP contribution >= 0.6 is 0 Å². The SMILES string of the molecule is CN(C)c1nc(N[C@H]2CC[C@@H](NC(=O)c3ccc(F)c(C(F)(F)F)c3)CC2)nc2c1CCCC2. The van der Waals surface area contributed by atoms with Crippen LogP contribution in [0, 0.1) is 5.82 Å². The fourth-order valence-electron chi connectivity index (χ4n) is 4.73. The van der Waals surface area contributed by atoms with Crippen molar-refractivity contribution in [2.24, 2.45) is 0 Å².